The highest BCUT2D eigenvalue weighted by molar-refractivity contribution is 7.89. The fraction of sp³-hybridized carbons (Fsp3) is 0.278. The molecule has 142 valence electrons. The summed E-state index contributed by atoms with van der Waals surface area (Å²) >= 11 is 0. The van der Waals surface area contributed by atoms with Crippen LogP contribution in [0.2, 0.25) is 0 Å². The minimum absolute atomic E-state index is 0.0893. The molecule has 1 aliphatic heterocycles. The van der Waals surface area contributed by atoms with E-state index in [0.717, 1.165) is 6.42 Å². The summed E-state index contributed by atoms with van der Waals surface area (Å²) < 4.78 is 46.4. The highest BCUT2D eigenvalue weighted by Crippen LogP contribution is 2.32. The van der Waals surface area contributed by atoms with Crippen molar-refractivity contribution in [2.45, 2.75) is 17.4 Å². The van der Waals surface area contributed by atoms with Crippen molar-refractivity contribution >= 4 is 10.0 Å². The van der Waals surface area contributed by atoms with Gasteiger partial charge >= 0.3 is 0 Å². The number of nitrogens with one attached hydrogen (secondary N) is 1. The molecule has 1 atom stereocenters. The van der Waals surface area contributed by atoms with E-state index in [1.165, 1.54) is 12.1 Å². The third-order valence-corrected chi connectivity index (χ3v) is 5.63. The summed E-state index contributed by atoms with van der Waals surface area (Å²) in [5.41, 5.74) is 0. The largest absolute Gasteiger partial charge is 0.490 e. The average molecular weight is 389 g/mol. The summed E-state index contributed by atoms with van der Waals surface area (Å²) in [6, 6.07) is 9.52. The van der Waals surface area contributed by atoms with Crippen molar-refractivity contribution in [3.8, 4) is 11.5 Å². The van der Waals surface area contributed by atoms with Crippen LogP contribution in [0.5, 0.6) is 11.5 Å². The number of benzene rings is 1. The molecule has 0 saturated heterocycles. The summed E-state index contributed by atoms with van der Waals surface area (Å²) in [5, 5.41) is 4.20. The summed E-state index contributed by atoms with van der Waals surface area (Å²) in [7, 11) is -3.75. The molecule has 0 bridgehead atoms. The van der Waals surface area contributed by atoms with Gasteiger partial charge in [-0.2, -0.15) is 5.10 Å². The molecular formula is C18H19N3O5S. The number of hydrogen-bond acceptors (Lipinski definition) is 6. The van der Waals surface area contributed by atoms with E-state index in [-0.39, 0.29) is 11.4 Å². The summed E-state index contributed by atoms with van der Waals surface area (Å²) in [4.78, 5) is 0.116. The van der Waals surface area contributed by atoms with Crippen molar-refractivity contribution in [1.82, 2.24) is 14.5 Å². The lowest BCUT2D eigenvalue weighted by Gasteiger charge is -2.17. The number of rotatable bonds is 6. The molecule has 0 amide bonds. The van der Waals surface area contributed by atoms with Crippen molar-refractivity contribution in [3.63, 3.8) is 0 Å². The Morgan fingerprint density at radius 2 is 2.00 bits per heavy atom. The van der Waals surface area contributed by atoms with Crippen molar-refractivity contribution in [3.05, 3.63) is 60.8 Å². The van der Waals surface area contributed by atoms with E-state index >= 15 is 0 Å². The fourth-order valence-electron chi connectivity index (χ4n) is 2.85. The van der Waals surface area contributed by atoms with Gasteiger partial charge in [-0.1, -0.05) is 0 Å². The first-order valence-electron chi connectivity index (χ1n) is 8.55. The molecule has 4 rings (SSSR count). The molecule has 8 nitrogen and oxygen atoms in total. The smallest absolute Gasteiger partial charge is 0.240 e. The molecule has 1 unspecified atom stereocenters. The minimum Gasteiger partial charge on any atom is -0.490 e. The quantitative estimate of drug-likeness (QED) is 0.694. The Labute approximate surface area is 156 Å². The first-order chi connectivity index (χ1) is 13.1. The summed E-state index contributed by atoms with van der Waals surface area (Å²) in [6.45, 7) is 1.13. The van der Waals surface area contributed by atoms with E-state index in [2.05, 4.69) is 9.82 Å². The second-order valence-electron chi connectivity index (χ2n) is 6.03. The minimum atomic E-state index is -3.75. The summed E-state index contributed by atoms with van der Waals surface area (Å²) in [6.07, 6.45) is 5.69. The SMILES string of the molecule is O=S(=O)(NCC(c1ccco1)n1cccn1)c1ccc2c(c1)OCCCO2. The molecule has 9 heteroatoms. The summed E-state index contributed by atoms with van der Waals surface area (Å²) in [5.74, 6) is 1.60. The Hall–Kier alpha value is -2.78. The van der Waals surface area contributed by atoms with E-state index in [9.17, 15) is 8.42 Å². The zero-order valence-corrected chi connectivity index (χ0v) is 15.3. The number of aromatic nitrogens is 2. The van der Waals surface area contributed by atoms with Gasteiger partial charge in [-0.15, -0.1) is 0 Å². The van der Waals surface area contributed by atoms with Crippen LogP contribution in [0.3, 0.4) is 0 Å². The number of ether oxygens (including phenoxy) is 2. The second kappa shape index (κ2) is 7.45. The molecule has 3 aromatic rings. The van der Waals surface area contributed by atoms with Gasteiger partial charge in [0.25, 0.3) is 0 Å². The van der Waals surface area contributed by atoms with Gasteiger partial charge in [0.1, 0.15) is 11.8 Å². The predicted molar refractivity (Wildman–Crippen MR) is 96.3 cm³/mol. The first kappa shape index (κ1) is 17.6. The van der Waals surface area contributed by atoms with Crippen molar-refractivity contribution in [2.75, 3.05) is 19.8 Å². The van der Waals surface area contributed by atoms with Crippen molar-refractivity contribution in [2.24, 2.45) is 0 Å². The monoisotopic (exact) mass is 389 g/mol. The van der Waals surface area contributed by atoms with Gasteiger partial charge in [-0.25, -0.2) is 13.1 Å². The standard InChI is InChI=1S/C18H19N3O5S/c22-27(23,14-5-6-17-18(12-14)26-11-3-10-25-17)20-13-15(16-4-1-9-24-16)21-8-2-7-19-21/h1-2,4-9,12,15,20H,3,10-11,13H2. The maximum Gasteiger partial charge on any atom is 0.240 e. The Balaban J connectivity index is 1.55. The van der Waals surface area contributed by atoms with Crippen LogP contribution in [-0.4, -0.2) is 38.0 Å². The van der Waals surface area contributed by atoms with Crippen LogP contribution in [0, 0.1) is 0 Å². The van der Waals surface area contributed by atoms with E-state index in [1.54, 1.807) is 47.6 Å². The number of hydrogen-bond donors (Lipinski definition) is 1. The zero-order chi connectivity index (χ0) is 18.7. The highest BCUT2D eigenvalue weighted by atomic mass is 32.2. The number of nitrogens with zero attached hydrogens (tertiary/aromatic N) is 2. The molecular weight excluding hydrogens is 370 g/mol. The van der Waals surface area contributed by atoms with Gasteiger partial charge in [0.05, 0.1) is 24.4 Å². The molecule has 1 aliphatic rings. The molecule has 0 spiro atoms. The molecule has 27 heavy (non-hydrogen) atoms. The van der Waals surface area contributed by atoms with Gasteiger partial charge in [0, 0.05) is 31.4 Å². The molecule has 0 saturated carbocycles. The lowest BCUT2D eigenvalue weighted by molar-refractivity contribution is 0.297. The molecule has 0 aliphatic carbocycles. The van der Waals surface area contributed by atoms with E-state index in [4.69, 9.17) is 13.9 Å². The van der Waals surface area contributed by atoms with Crippen LogP contribution in [0.25, 0.3) is 0 Å². The molecule has 0 fully saturated rings. The third kappa shape index (κ3) is 3.83. The normalized spacial score (nSPS) is 15.3. The van der Waals surface area contributed by atoms with Crippen LogP contribution < -0.4 is 14.2 Å². The third-order valence-electron chi connectivity index (χ3n) is 4.21. The van der Waals surface area contributed by atoms with Gasteiger partial charge in [-0.05, 0) is 30.3 Å². The van der Waals surface area contributed by atoms with Crippen molar-refractivity contribution < 1.29 is 22.3 Å². The number of sulfonamides is 1. The predicted octanol–water partition coefficient (Wildman–Crippen LogP) is 2.21. The molecule has 1 N–H and O–H groups in total. The van der Waals surface area contributed by atoms with Gasteiger partial charge in [0.2, 0.25) is 10.0 Å². The molecule has 2 aromatic heterocycles. The first-order valence-corrected chi connectivity index (χ1v) is 10.0. The van der Waals surface area contributed by atoms with E-state index in [0.29, 0.717) is 30.5 Å². The fourth-order valence-corrected chi connectivity index (χ4v) is 3.91. The zero-order valence-electron chi connectivity index (χ0n) is 14.4. The highest BCUT2D eigenvalue weighted by Gasteiger charge is 2.23. The molecule has 0 radical (unpaired) electrons. The van der Waals surface area contributed by atoms with Gasteiger partial charge < -0.3 is 13.9 Å². The Morgan fingerprint density at radius 3 is 2.74 bits per heavy atom. The second-order valence-corrected chi connectivity index (χ2v) is 7.80. The van der Waals surface area contributed by atoms with Gasteiger partial charge in [0.15, 0.2) is 11.5 Å². The maximum absolute atomic E-state index is 12.8. The Kier molecular flexibility index (Phi) is 4.87. The molecule has 1 aromatic carbocycles. The Bertz CT molecular complexity index is 950. The molecule has 3 heterocycles. The maximum atomic E-state index is 12.8. The van der Waals surface area contributed by atoms with Crippen LogP contribution in [-0.2, 0) is 10.0 Å². The van der Waals surface area contributed by atoms with Crippen LogP contribution in [0.1, 0.15) is 18.2 Å². The average Bonchev–Trinajstić information content (AvgIpc) is 3.33. The Morgan fingerprint density at radius 1 is 1.15 bits per heavy atom. The topological polar surface area (TPSA) is 95.6 Å². The number of furan rings is 1. The van der Waals surface area contributed by atoms with Crippen LogP contribution >= 0.6 is 0 Å². The lowest BCUT2D eigenvalue weighted by atomic mass is 10.2. The van der Waals surface area contributed by atoms with E-state index < -0.39 is 16.1 Å². The van der Waals surface area contributed by atoms with Gasteiger partial charge in [-0.3, -0.25) is 4.68 Å². The lowest BCUT2D eigenvalue weighted by Crippen LogP contribution is -2.31. The van der Waals surface area contributed by atoms with Crippen molar-refractivity contribution in [1.29, 1.82) is 0 Å². The van der Waals surface area contributed by atoms with E-state index in [1.807, 2.05) is 0 Å². The van der Waals surface area contributed by atoms with Crippen LogP contribution in [0.4, 0.5) is 0 Å². The number of fused-ring (bicyclic) bond motifs is 1. The van der Waals surface area contributed by atoms with Crippen LogP contribution in [0.15, 0.2) is 64.4 Å².